The first-order valence-electron chi connectivity index (χ1n) is 20.9. The Morgan fingerprint density at radius 1 is 0.650 bits per heavy atom. The molecule has 5 nitrogen and oxygen atoms in total. The second kappa shape index (κ2) is 14.6. The van der Waals surface area contributed by atoms with Gasteiger partial charge >= 0.3 is 0 Å². The highest BCUT2D eigenvalue weighted by atomic mass is 15.3. The monoisotopic (exact) mass is 775 g/mol. The van der Waals surface area contributed by atoms with Gasteiger partial charge in [0.15, 0.2) is 5.65 Å². The third kappa shape index (κ3) is 6.13. The van der Waals surface area contributed by atoms with E-state index in [1.54, 1.807) is 6.20 Å². The Kier molecular flexibility index (Phi) is 8.79. The van der Waals surface area contributed by atoms with Crippen molar-refractivity contribution < 1.29 is 0 Å². The summed E-state index contributed by atoms with van der Waals surface area (Å²) < 4.78 is 0. The number of rotatable bonds is 6. The molecule has 0 spiro atoms. The van der Waals surface area contributed by atoms with Gasteiger partial charge in [0.05, 0.1) is 11.7 Å². The number of benzene rings is 5. The van der Waals surface area contributed by atoms with E-state index in [0.29, 0.717) is 5.92 Å². The quantitative estimate of drug-likeness (QED) is 0.157. The van der Waals surface area contributed by atoms with Crippen molar-refractivity contribution in [1.82, 2.24) is 19.8 Å². The highest BCUT2D eigenvalue weighted by molar-refractivity contribution is 6.02. The van der Waals surface area contributed by atoms with Crippen molar-refractivity contribution in [3.8, 4) is 11.3 Å². The van der Waals surface area contributed by atoms with E-state index in [1.165, 1.54) is 71.9 Å². The molecule has 0 N–H and O–H groups in total. The average Bonchev–Trinajstić information content (AvgIpc) is 3.57. The van der Waals surface area contributed by atoms with Gasteiger partial charge < -0.3 is 9.80 Å². The fourth-order valence-corrected chi connectivity index (χ4v) is 9.87. The molecule has 0 amide bonds. The summed E-state index contributed by atoms with van der Waals surface area (Å²) in [4.78, 5) is 16.7. The zero-order chi connectivity index (χ0) is 40.3. The highest BCUT2D eigenvalue weighted by Crippen LogP contribution is 2.45. The molecule has 7 aromatic rings. The second-order valence-electron chi connectivity index (χ2n) is 16.4. The maximum atomic E-state index is 4.91. The Morgan fingerprint density at radius 2 is 1.40 bits per heavy atom. The number of anilines is 1. The summed E-state index contributed by atoms with van der Waals surface area (Å²) in [5.41, 5.74) is 14.2. The molecule has 0 radical (unpaired) electrons. The minimum absolute atomic E-state index is 0.243. The summed E-state index contributed by atoms with van der Waals surface area (Å²) in [6.07, 6.45) is 27.3. The predicted molar refractivity (Wildman–Crippen MR) is 252 cm³/mol. The van der Waals surface area contributed by atoms with Crippen LogP contribution in [0.15, 0.2) is 181 Å². The topological polar surface area (TPSA) is 35.5 Å². The van der Waals surface area contributed by atoms with Gasteiger partial charge in [-0.25, -0.2) is 9.97 Å². The van der Waals surface area contributed by atoms with E-state index in [2.05, 4.69) is 217 Å². The molecule has 60 heavy (non-hydrogen) atoms. The fourth-order valence-electron chi connectivity index (χ4n) is 9.87. The first-order valence-corrected chi connectivity index (χ1v) is 20.9. The van der Waals surface area contributed by atoms with Crippen LogP contribution in [0, 0.1) is 0 Å². The summed E-state index contributed by atoms with van der Waals surface area (Å²) in [5.74, 6) is 0.322. The first kappa shape index (κ1) is 36.0. The summed E-state index contributed by atoms with van der Waals surface area (Å²) in [5, 5.41) is 5.96. The summed E-state index contributed by atoms with van der Waals surface area (Å²) in [6.45, 7) is 0.953. The summed E-state index contributed by atoms with van der Waals surface area (Å²) in [6, 6.07) is 41.8. The van der Waals surface area contributed by atoms with Crippen molar-refractivity contribution in [1.29, 1.82) is 0 Å². The number of likely N-dealkylation sites (N-methyl/N-ethyl adjacent to an activating group) is 3. The molecule has 0 bridgehead atoms. The lowest BCUT2D eigenvalue weighted by Crippen LogP contribution is -2.47. The van der Waals surface area contributed by atoms with Crippen LogP contribution in [0.2, 0.25) is 0 Å². The van der Waals surface area contributed by atoms with Crippen LogP contribution < -0.4 is 4.90 Å². The lowest BCUT2D eigenvalue weighted by atomic mass is 9.88. The van der Waals surface area contributed by atoms with Gasteiger partial charge in [-0.3, -0.25) is 4.90 Å². The molecule has 0 saturated carbocycles. The maximum Gasteiger partial charge on any atom is 0.159 e. The van der Waals surface area contributed by atoms with E-state index in [4.69, 9.17) is 4.98 Å². The van der Waals surface area contributed by atoms with E-state index in [1.807, 2.05) is 6.07 Å². The zero-order valence-electron chi connectivity index (χ0n) is 34.1. The molecule has 11 rings (SSSR count). The van der Waals surface area contributed by atoms with Gasteiger partial charge in [-0.05, 0) is 98.4 Å². The number of allylic oxidation sites excluding steroid dienone is 5. The molecule has 5 aromatic carbocycles. The molecule has 1 aliphatic carbocycles. The van der Waals surface area contributed by atoms with Gasteiger partial charge in [-0.15, -0.1) is 0 Å². The molecule has 290 valence electrons. The Balaban J connectivity index is 0.839. The molecule has 2 aromatic heterocycles. The molecular formula is C55H45N5. The largest absolute Gasteiger partial charge is 0.367 e. The van der Waals surface area contributed by atoms with Gasteiger partial charge in [-0.2, -0.15) is 0 Å². The van der Waals surface area contributed by atoms with E-state index in [-0.39, 0.29) is 12.2 Å². The number of aromatic nitrogens is 2. The second-order valence-corrected chi connectivity index (χ2v) is 16.4. The minimum Gasteiger partial charge on any atom is -0.367 e. The molecule has 0 saturated heterocycles. The van der Waals surface area contributed by atoms with Gasteiger partial charge in [0, 0.05) is 60.7 Å². The fraction of sp³-hybridized carbons (Fsp3) is 0.127. The van der Waals surface area contributed by atoms with Crippen molar-refractivity contribution in [2.75, 3.05) is 32.6 Å². The van der Waals surface area contributed by atoms with Crippen LogP contribution in [0.4, 0.5) is 5.69 Å². The van der Waals surface area contributed by atoms with E-state index >= 15 is 0 Å². The lowest BCUT2D eigenvalue weighted by Gasteiger charge is -2.42. The number of nitrogens with zero attached hydrogens (tertiary/aromatic N) is 5. The third-order valence-electron chi connectivity index (χ3n) is 12.9. The van der Waals surface area contributed by atoms with E-state index in [0.717, 1.165) is 28.8 Å². The van der Waals surface area contributed by atoms with Crippen molar-refractivity contribution >= 4 is 62.2 Å². The highest BCUT2D eigenvalue weighted by Gasteiger charge is 2.35. The molecular weight excluding hydrogens is 731 g/mol. The summed E-state index contributed by atoms with van der Waals surface area (Å²) >= 11 is 0. The van der Waals surface area contributed by atoms with Gasteiger partial charge in [-0.1, -0.05) is 146 Å². The van der Waals surface area contributed by atoms with Gasteiger partial charge in [0.25, 0.3) is 0 Å². The molecule has 4 aliphatic rings. The Bertz CT molecular complexity index is 3100. The zero-order valence-corrected chi connectivity index (χ0v) is 34.1. The number of hydrogen-bond donors (Lipinski definition) is 0. The van der Waals surface area contributed by atoms with Crippen molar-refractivity contribution in [2.45, 2.75) is 18.1 Å². The van der Waals surface area contributed by atoms with Crippen LogP contribution in [0.3, 0.4) is 0 Å². The Hall–Kier alpha value is -7.08. The Morgan fingerprint density at radius 3 is 2.22 bits per heavy atom. The molecule has 3 atom stereocenters. The molecule has 3 unspecified atom stereocenters. The van der Waals surface area contributed by atoms with Crippen LogP contribution in [0.5, 0.6) is 0 Å². The summed E-state index contributed by atoms with van der Waals surface area (Å²) in [7, 11) is 6.66. The van der Waals surface area contributed by atoms with E-state index in [9.17, 15) is 0 Å². The molecule has 5 heteroatoms. The smallest absolute Gasteiger partial charge is 0.159 e. The van der Waals surface area contributed by atoms with Crippen molar-refractivity contribution in [3.05, 3.63) is 209 Å². The predicted octanol–water partition coefficient (Wildman–Crippen LogP) is 11.9. The van der Waals surface area contributed by atoms with Crippen molar-refractivity contribution in [2.24, 2.45) is 0 Å². The first-order chi connectivity index (χ1) is 29.5. The van der Waals surface area contributed by atoms with Gasteiger partial charge in [0.1, 0.15) is 6.17 Å². The lowest BCUT2D eigenvalue weighted by molar-refractivity contribution is 0.170. The number of pyridine rings is 2. The van der Waals surface area contributed by atoms with Crippen LogP contribution in [-0.2, 0) is 0 Å². The van der Waals surface area contributed by atoms with Crippen LogP contribution in [0.1, 0.15) is 33.7 Å². The average molecular weight is 776 g/mol. The maximum absolute atomic E-state index is 4.91. The van der Waals surface area contributed by atoms with Gasteiger partial charge in [0.2, 0.25) is 0 Å². The molecule has 5 heterocycles. The standard InChI is InChI=1S/C55H45N5/c1-58-33-9-11-41-25-31-51(60(3)55(41)58)47-29-23-39(43-13-5-7-15-45(43)47)21-17-37-19-27-49-48-26-18-36(34-52(48)59(2)53(49)35-37)16-20-38-22-28-46(44-14-6-4-12-42(38)44)50-30-24-40-10-8-32-56-54(40)57-50/h4-32,34-35,48,52,55H,33H2,1-3H3/b20-16+,21-17+. The third-order valence-corrected chi connectivity index (χ3v) is 12.9. The molecule has 3 aliphatic heterocycles. The van der Waals surface area contributed by atoms with E-state index < -0.39 is 0 Å². The van der Waals surface area contributed by atoms with Crippen LogP contribution >= 0.6 is 0 Å². The van der Waals surface area contributed by atoms with Crippen LogP contribution in [0.25, 0.3) is 67.8 Å². The normalized spacial score (nSPS) is 19.9. The molecule has 0 fully saturated rings. The van der Waals surface area contributed by atoms with Crippen LogP contribution in [-0.4, -0.2) is 59.7 Å². The number of hydrogen-bond acceptors (Lipinski definition) is 5. The number of fused-ring (bicyclic) bond motifs is 7. The van der Waals surface area contributed by atoms with Crippen molar-refractivity contribution in [3.63, 3.8) is 0 Å². The minimum atomic E-state index is 0.243. The SMILES string of the molecule is CN1CC=CC2=CC=C(c3ccc(/C=C/c4ccc5c(c4)N(C)C4C=C(/C=C/c6ccc(-c7ccc8cccnc8n7)c7ccccc67)C=CC54)c4ccccc34)N(C)C21. The Labute approximate surface area is 351 Å².